The minimum Gasteiger partial charge on any atom is -0.399 e. The number of thioether (sulfide) groups is 1. The molecule has 0 aliphatic rings. The molecule has 2 N–H and O–H groups in total. The molecule has 0 aliphatic carbocycles. The molecule has 1 aromatic carbocycles. The van der Waals surface area contributed by atoms with Crippen LogP contribution in [0.3, 0.4) is 0 Å². The Kier molecular flexibility index (Phi) is 3.59. The second-order valence-electron chi connectivity index (χ2n) is 3.53. The molecular formula is C11H11ClFN3S. The van der Waals surface area contributed by atoms with Crippen molar-refractivity contribution < 1.29 is 4.39 Å². The first kappa shape index (κ1) is 12.3. The summed E-state index contributed by atoms with van der Waals surface area (Å²) in [5.74, 6) is 1.05. The van der Waals surface area contributed by atoms with Crippen molar-refractivity contribution in [1.82, 2.24) is 9.55 Å². The summed E-state index contributed by atoms with van der Waals surface area (Å²) in [5, 5.41) is 0.568. The number of anilines is 1. The predicted octanol–water partition coefficient (Wildman–Crippen LogP) is 3.09. The summed E-state index contributed by atoms with van der Waals surface area (Å²) >= 11 is 7.23. The van der Waals surface area contributed by atoms with E-state index < -0.39 is 0 Å². The van der Waals surface area contributed by atoms with E-state index in [-0.39, 0.29) is 5.82 Å². The van der Waals surface area contributed by atoms with E-state index in [1.165, 1.54) is 17.8 Å². The first-order chi connectivity index (χ1) is 8.08. The molecule has 0 amide bonds. The molecule has 1 aromatic heterocycles. The zero-order valence-electron chi connectivity index (χ0n) is 9.15. The Bertz CT molecular complexity index is 542. The second-order valence-corrected chi connectivity index (χ2v) is 4.94. The van der Waals surface area contributed by atoms with E-state index in [0.29, 0.717) is 21.5 Å². The summed E-state index contributed by atoms with van der Waals surface area (Å²) in [7, 11) is 1.82. The molecular weight excluding hydrogens is 261 g/mol. The lowest BCUT2D eigenvalue weighted by Gasteiger charge is -2.04. The summed E-state index contributed by atoms with van der Waals surface area (Å²) in [4.78, 5) is 4.69. The van der Waals surface area contributed by atoms with Gasteiger partial charge in [-0.15, -0.1) is 11.8 Å². The summed E-state index contributed by atoms with van der Waals surface area (Å²) in [5.41, 5.74) is 5.90. The van der Waals surface area contributed by atoms with Gasteiger partial charge in [0.05, 0.1) is 11.9 Å². The minimum atomic E-state index is -0.310. The normalized spacial score (nSPS) is 10.8. The highest BCUT2D eigenvalue weighted by Crippen LogP contribution is 2.26. The molecule has 0 bridgehead atoms. The van der Waals surface area contributed by atoms with E-state index in [0.717, 1.165) is 5.82 Å². The van der Waals surface area contributed by atoms with Crippen LogP contribution in [0.5, 0.6) is 0 Å². The van der Waals surface area contributed by atoms with Crippen LogP contribution in [0.4, 0.5) is 10.1 Å². The second kappa shape index (κ2) is 4.98. The molecule has 17 heavy (non-hydrogen) atoms. The fraction of sp³-hybridized carbons (Fsp3) is 0.182. The van der Waals surface area contributed by atoms with Gasteiger partial charge in [-0.1, -0.05) is 11.6 Å². The molecule has 2 rings (SSSR count). The molecule has 0 aliphatic heterocycles. The highest BCUT2D eigenvalue weighted by atomic mass is 35.5. The average molecular weight is 272 g/mol. The first-order valence-corrected chi connectivity index (χ1v) is 6.28. The molecule has 0 unspecified atom stereocenters. The number of imidazole rings is 1. The number of benzene rings is 1. The summed E-state index contributed by atoms with van der Waals surface area (Å²) in [6.07, 6.45) is 1.58. The maximum absolute atomic E-state index is 13.5. The molecule has 90 valence electrons. The molecule has 0 spiro atoms. The lowest BCUT2D eigenvalue weighted by Crippen LogP contribution is -1.96. The van der Waals surface area contributed by atoms with Crippen LogP contribution in [0.2, 0.25) is 5.15 Å². The fourth-order valence-electron chi connectivity index (χ4n) is 1.33. The largest absolute Gasteiger partial charge is 0.399 e. The number of halogens is 2. The highest BCUT2D eigenvalue weighted by molar-refractivity contribution is 7.98. The standard InChI is InChI=1S/C11H11ClFN3S/c1-16-10(12)5-15-11(16)6-17-9-3-2-7(14)4-8(9)13/h2-5H,6,14H2,1H3. The number of nitrogens with zero attached hydrogens (tertiary/aromatic N) is 2. The topological polar surface area (TPSA) is 43.8 Å². The molecule has 3 nitrogen and oxygen atoms in total. The quantitative estimate of drug-likeness (QED) is 0.689. The van der Waals surface area contributed by atoms with Crippen molar-refractivity contribution in [3.8, 4) is 0 Å². The maximum atomic E-state index is 13.5. The van der Waals surface area contributed by atoms with Gasteiger partial charge in [-0.2, -0.15) is 0 Å². The fourth-order valence-corrected chi connectivity index (χ4v) is 2.40. The third-order valence-corrected chi connectivity index (χ3v) is 3.74. The summed E-state index contributed by atoms with van der Waals surface area (Å²) < 4.78 is 15.3. The van der Waals surface area contributed by atoms with Crippen molar-refractivity contribution in [2.45, 2.75) is 10.6 Å². The molecule has 0 radical (unpaired) electrons. The van der Waals surface area contributed by atoms with Crippen molar-refractivity contribution in [2.75, 3.05) is 5.73 Å². The van der Waals surface area contributed by atoms with Crippen LogP contribution < -0.4 is 5.73 Å². The Morgan fingerprint density at radius 1 is 1.53 bits per heavy atom. The van der Waals surface area contributed by atoms with Gasteiger partial charge in [0.15, 0.2) is 0 Å². The smallest absolute Gasteiger partial charge is 0.138 e. The molecule has 0 saturated heterocycles. The molecule has 1 heterocycles. The monoisotopic (exact) mass is 271 g/mol. The zero-order valence-corrected chi connectivity index (χ0v) is 10.7. The van der Waals surface area contributed by atoms with Gasteiger partial charge < -0.3 is 10.3 Å². The van der Waals surface area contributed by atoms with E-state index in [2.05, 4.69) is 4.98 Å². The van der Waals surface area contributed by atoms with E-state index in [9.17, 15) is 4.39 Å². The summed E-state index contributed by atoms with van der Waals surface area (Å²) in [6, 6.07) is 4.66. The van der Waals surface area contributed by atoms with Gasteiger partial charge in [-0.3, -0.25) is 0 Å². The van der Waals surface area contributed by atoms with Gasteiger partial charge in [0.1, 0.15) is 16.8 Å². The van der Waals surface area contributed by atoms with Gasteiger partial charge >= 0.3 is 0 Å². The number of rotatable bonds is 3. The third kappa shape index (κ3) is 2.73. The van der Waals surface area contributed by atoms with Crippen LogP contribution in [0.1, 0.15) is 5.82 Å². The van der Waals surface area contributed by atoms with Gasteiger partial charge in [0.25, 0.3) is 0 Å². The molecule has 0 fully saturated rings. The van der Waals surface area contributed by atoms with Crippen LogP contribution in [0, 0.1) is 5.82 Å². The van der Waals surface area contributed by atoms with Crippen LogP contribution in [-0.2, 0) is 12.8 Å². The molecule has 6 heteroatoms. The molecule has 0 saturated carbocycles. The summed E-state index contributed by atoms with van der Waals surface area (Å²) in [6.45, 7) is 0. The third-order valence-electron chi connectivity index (χ3n) is 2.34. The van der Waals surface area contributed by atoms with Crippen LogP contribution in [0.15, 0.2) is 29.3 Å². The Hall–Kier alpha value is -1.20. The van der Waals surface area contributed by atoms with E-state index in [1.807, 2.05) is 7.05 Å². The first-order valence-electron chi connectivity index (χ1n) is 4.92. The van der Waals surface area contributed by atoms with Crippen molar-refractivity contribution in [1.29, 1.82) is 0 Å². The Morgan fingerprint density at radius 3 is 2.88 bits per heavy atom. The molecule has 0 atom stereocenters. The number of hydrogen-bond acceptors (Lipinski definition) is 3. The Morgan fingerprint density at radius 2 is 2.29 bits per heavy atom. The van der Waals surface area contributed by atoms with Gasteiger partial charge in [-0.25, -0.2) is 9.37 Å². The average Bonchev–Trinajstić information content (AvgIpc) is 2.59. The number of hydrogen-bond donors (Lipinski definition) is 1. The van der Waals surface area contributed by atoms with Gasteiger partial charge in [-0.05, 0) is 18.2 Å². The van der Waals surface area contributed by atoms with E-state index in [4.69, 9.17) is 17.3 Å². The van der Waals surface area contributed by atoms with E-state index in [1.54, 1.807) is 22.9 Å². The van der Waals surface area contributed by atoms with Gasteiger partial charge in [0.2, 0.25) is 0 Å². The van der Waals surface area contributed by atoms with Crippen LogP contribution in [0.25, 0.3) is 0 Å². The highest BCUT2D eigenvalue weighted by Gasteiger charge is 2.08. The number of nitrogen functional groups attached to an aromatic ring is 1. The van der Waals surface area contributed by atoms with Crippen LogP contribution >= 0.6 is 23.4 Å². The number of nitrogens with two attached hydrogens (primary N) is 1. The van der Waals surface area contributed by atoms with Crippen molar-refractivity contribution >= 4 is 29.1 Å². The lowest BCUT2D eigenvalue weighted by atomic mass is 10.3. The van der Waals surface area contributed by atoms with Gasteiger partial charge in [0, 0.05) is 17.6 Å². The van der Waals surface area contributed by atoms with E-state index >= 15 is 0 Å². The zero-order chi connectivity index (χ0) is 12.4. The maximum Gasteiger partial charge on any atom is 0.138 e. The van der Waals surface area contributed by atoms with Crippen LogP contribution in [-0.4, -0.2) is 9.55 Å². The Labute approximate surface area is 108 Å². The Balaban J connectivity index is 2.10. The SMILES string of the molecule is Cn1c(Cl)cnc1CSc1ccc(N)cc1F. The van der Waals surface area contributed by atoms with Crippen molar-refractivity contribution in [3.05, 3.63) is 41.2 Å². The minimum absolute atomic E-state index is 0.310. The molecule has 2 aromatic rings. The van der Waals surface area contributed by atoms with Crippen molar-refractivity contribution in [3.63, 3.8) is 0 Å². The predicted molar refractivity (Wildman–Crippen MR) is 68.6 cm³/mol. The van der Waals surface area contributed by atoms with Crippen molar-refractivity contribution in [2.24, 2.45) is 7.05 Å². The number of aromatic nitrogens is 2. The lowest BCUT2D eigenvalue weighted by molar-refractivity contribution is 0.602.